The molecule has 6 nitrogen and oxygen atoms in total. The molecule has 0 aliphatic heterocycles. The Hall–Kier alpha value is -2.38. The lowest BCUT2D eigenvalue weighted by atomic mass is 10.3. The second-order valence-corrected chi connectivity index (χ2v) is 5.93. The monoisotopic (exact) mass is 345 g/mol. The summed E-state index contributed by atoms with van der Waals surface area (Å²) in [6.07, 6.45) is 0. The number of carbonyl (C=O) groups is 1. The maximum atomic E-state index is 12.0. The number of thioether (sulfide) groups is 1. The lowest BCUT2D eigenvalue weighted by Gasteiger charge is -2.06. The van der Waals surface area contributed by atoms with Crippen molar-refractivity contribution >= 4 is 35.0 Å². The maximum absolute atomic E-state index is 12.0. The molecule has 23 heavy (non-hydrogen) atoms. The first-order chi connectivity index (χ1) is 11.2. The molecular weight excluding hydrogens is 334 g/mol. The molecule has 1 aromatic heterocycles. The summed E-state index contributed by atoms with van der Waals surface area (Å²) in [6, 6.07) is 16.5. The van der Waals surface area contributed by atoms with E-state index >= 15 is 0 Å². The first-order valence-corrected chi connectivity index (χ1v) is 8.11. The Kier molecular flexibility index (Phi) is 4.89. The van der Waals surface area contributed by atoms with Gasteiger partial charge in [-0.25, -0.2) is 0 Å². The van der Waals surface area contributed by atoms with E-state index in [4.69, 9.17) is 11.6 Å². The highest BCUT2D eigenvalue weighted by Gasteiger charge is 2.11. The minimum absolute atomic E-state index is 0.153. The van der Waals surface area contributed by atoms with Crippen LogP contribution in [0, 0.1) is 0 Å². The molecule has 0 bridgehead atoms. The van der Waals surface area contributed by atoms with E-state index in [2.05, 4.69) is 20.8 Å². The molecule has 116 valence electrons. The Labute approximate surface area is 141 Å². The zero-order valence-corrected chi connectivity index (χ0v) is 13.5. The predicted molar refractivity (Wildman–Crippen MR) is 90.0 cm³/mol. The summed E-state index contributed by atoms with van der Waals surface area (Å²) in [6.45, 7) is 0. The minimum atomic E-state index is -0.153. The van der Waals surface area contributed by atoms with Crippen LogP contribution in [0.25, 0.3) is 5.69 Å². The van der Waals surface area contributed by atoms with Crippen LogP contribution >= 0.6 is 23.4 Å². The average molecular weight is 346 g/mol. The highest BCUT2D eigenvalue weighted by Crippen LogP contribution is 2.19. The summed E-state index contributed by atoms with van der Waals surface area (Å²) in [4.78, 5) is 12.0. The van der Waals surface area contributed by atoms with Crippen LogP contribution in [-0.2, 0) is 4.79 Å². The zero-order chi connectivity index (χ0) is 16.1. The Morgan fingerprint density at radius 3 is 2.78 bits per heavy atom. The molecule has 1 heterocycles. The molecular formula is C15H12ClN5OS. The van der Waals surface area contributed by atoms with Gasteiger partial charge in [0.05, 0.1) is 11.4 Å². The normalized spacial score (nSPS) is 10.5. The highest BCUT2D eigenvalue weighted by molar-refractivity contribution is 7.99. The van der Waals surface area contributed by atoms with Gasteiger partial charge in [0.15, 0.2) is 0 Å². The molecule has 0 saturated carbocycles. The quantitative estimate of drug-likeness (QED) is 0.719. The summed E-state index contributed by atoms with van der Waals surface area (Å²) >= 11 is 7.15. The number of anilines is 1. The molecule has 3 aromatic rings. The van der Waals surface area contributed by atoms with Crippen LogP contribution in [0.15, 0.2) is 59.8 Å². The number of tetrazole rings is 1. The number of hydrogen-bond acceptors (Lipinski definition) is 5. The van der Waals surface area contributed by atoms with Crippen LogP contribution in [0.5, 0.6) is 0 Å². The number of halogens is 1. The Bertz CT molecular complexity index is 808. The van der Waals surface area contributed by atoms with Crippen LogP contribution < -0.4 is 5.32 Å². The number of aromatic nitrogens is 4. The number of carbonyl (C=O) groups excluding carboxylic acids is 1. The van der Waals surface area contributed by atoms with E-state index in [0.717, 1.165) is 5.69 Å². The lowest BCUT2D eigenvalue weighted by molar-refractivity contribution is -0.113. The Balaban J connectivity index is 1.63. The van der Waals surface area contributed by atoms with E-state index < -0.39 is 0 Å². The summed E-state index contributed by atoms with van der Waals surface area (Å²) in [5, 5.41) is 15.5. The first kappa shape index (κ1) is 15.5. The molecule has 0 aliphatic carbocycles. The molecule has 8 heteroatoms. The Morgan fingerprint density at radius 1 is 1.17 bits per heavy atom. The van der Waals surface area contributed by atoms with E-state index in [1.54, 1.807) is 28.9 Å². The molecule has 0 radical (unpaired) electrons. The molecule has 3 rings (SSSR count). The molecule has 0 fully saturated rings. The maximum Gasteiger partial charge on any atom is 0.234 e. The molecule has 1 amide bonds. The van der Waals surface area contributed by atoms with Gasteiger partial charge in [0.1, 0.15) is 0 Å². The van der Waals surface area contributed by atoms with E-state index in [0.29, 0.717) is 15.9 Å². The van der Waals surface area contributed by atoms with Gasteiger partial charge in [-0.3, -0.25) is 4.79 Å². The van der Waals surface area contributed by atoms with Crippen molar-refractivity contribution in [3.8, 4) is 5.69 Å². The minimum Gasteiger partial charge on any atom is -0.325 e. The van der Waals surface area contributed by atoms with Crippen LogP contribution in [0.4, 0.5) is 5.69 Å². The van der Waals surface area contributed by atoms with Gasteiger partial charge in [-0.2, -0.15) is 4.68 Å². The number of rotatable bonds is 5. The second-order valence-electron chi connectivity index (χ2n) is 4.56. The zero-order valence-electron chi connectivity index (χ0n) is 11.9. The van der Waals surface area contributed by atoms with E-state index in [-0.39, 0.29) is 11.7 Å². The number of nitrogens with one attached hydrogen (secondary N) is 1. The molecule has 0 atom stereocenters. The van der Waals surface area contributed by atoms with Crippen molar-refractivity contribution in [1.29, 1.82) is 0 Å². The van der Waals surface area contributed by atoms with Gasteiger partial charge in [0.2, 0.25) is 11.1 Å². The first-order valence-electron chi connectivity index (χ1n) is 6.74. The number of para-hydroxylation sites is 1. The van der Waals surface area contributed by atoms with Gasteiger partial charge in [0, 0.05) is 10.7 Å². The van der Waals surface area contributed by atoms with Crippen molar-refractivity contribution in [3.05, 3.63) is 59.6 Å². The number of amides is 1. The van der Waals surface area contributed by atoms with Crippen molar-refractivity contribution in [2.24, 2.45) is 0 Å². The van der Waals surface area contributed by atoms with Crippen molar-refractivity contribution < 1.29 is 4.79 Å². The van der Waals surface area contributed by atoms with Crippen molar-refractivity contribution in [3.63, 3.8) is 0 Å². The molecule has 0 spiro atoms. The fraction of sp³-hybridized carbons (Fsp3) is 0.0667. The van der Waals surface area contributed by atoms with Gasteiger partial charge >= 0.3 is 0 Å². The third-order valence-corrected chi connectivity index (χ3v) is 4.04. The summed E-state index contributed by atoms with van der Waals surface area (Å²) in [7, 11) is 0. The third-order valence-electron chi connectivity index (χ3n) is 2.88. The SMILES string of the molecule is O=C(CSc1nnnn1-c1ccccc1)Nc1cccc(Cl)c1. The van der Waals surface area contributed by atoms with Crippen molar-refractivity contribution in [1.82, 2.24) is 20.2 Å². The van der Waals surface area contributed by atoms with Crippen molar-refractivity contribution in [2.75, 3.05) is 11.1 Å². The van der Waals surface area contributed by atoms with Crippen molar-refractivity contribution in [2.45, 2.75) is 5.16 Å². The van der Waals surface area contributed by atoms with E-state index in [1.807, 2.05) is 30.3 Å². The molecule has 2 aromatic carbocycles. The summed E-state index contributed by atoms with van der Waals surface area (Å²) in [5.41, 5.74) is 1.50. The van der Waals surface area contributed by atoms with Gasteiger partial charge in [-0.1, -0.05) is 47.6 Å². The lowest BCUT2D eigenvalue weighted by Crippen LogP contribution is -2.14. The predicted octanol–water partition coefficient (Wildman–Crippen LogP) is 3.05. The van der Waals surface area contributed by atoms with E-state index in [9.17, 15) is 4.79 Å². The fourth-order valence-electron chi connectivity index (χ4n) is 1.89. The van der Waals surface area contributed by atoms with Crippen LogP contribution in [0.1, 0.15) is 0 Å². The Morgan fingerprint density at radius 2 is 2.00 bits per heavy atom. The number of benzene rings is 2. The molecule has 0 aliphatic rings. The number of nitrogens with zero attached hydrogens (tertiary/aromatic N) is 4. The fourth-order valence-corrected chi connectivity index (χ4v) is 2.77. The number of hydrogen-bond donors (Lipinski definition) is 1. The standard InChI is InChI=1S/C15H12ClN5OS/c16-11-5-4-6-12(9-11)17-14(22)10-23-15-18-19-20-21(15)13-7-2-1-3-8-13/h1-9H,10H2,(H,17,22). The third kappa shape index (κ3) is 4.08. The van der Waals surface area contributed by atoms with Crippen LogP contribution in [-0.4, -0.2) is 31.9 Å². The second kappa shape index (κ2) is 7.26. The van der Waals surface area contributed by atoms with Gasteiger partial charge in [0.25, 0.3) is 0 Å². The highest BCUT2D eigenvalue weighted by atomic mass is 35.5. The van der Waals surface area contributed by atoms with Crippen LogP contribution in [0.2, 0.25) is 5.02 Å². The smallest absolute Gasteiger partial charge is 0.234 e. The van der Waals surface area contributed by atoms with Crippen LogP contribution in [0.3, 0.4) is 0 Å². The topological polar surface area (TPSA) is 72.7 Å². The molecule has 1 N–H and O–H groups in total. The molecule has 0 unspecified atom stereocenters. The summed E-state index contributed by atoms with van der Waals surface area (Å²) < 4.78 is 1.59. The van der Waals surface area contributed by atoms with Gasteiger partial charge in [-0.15, -0.1) is 5.10 Å². The largest absolute Gasteiger partial charge is 0.325 e. The average Bonchev–Trinajstić information content (AvgIpc) is 3.02. The van der Waals surface area contributed by atoms with Gasteiger partial charge in [-0.05, 0) is 40.8 Å². The van der Waals surface area contributed by atoms with E-state index in [1.165, 1.54) is 11.8 Å². The summed E-state index contributed by atoms with van der Waals surface area (Å²) in [5.74, 6) is 0.0413. The van der Waals surface area contributed by atoms with Gasteiger partial charge < -0.3 is 5.32 Å². The molecule has 0 saturated heterocycles.